The van der Waals surface area contributed by atoms with Crippen LogP contribution in [0.1, 0.15) is 38.6 Å². The van der Waals surface area contributed by atoms with Gasteiger partial charge in [0.25, 0.3) is 0 Å². The fourth-order valence-corrected chi connectivity index (χ4v) is 5.45. The maximum atomic E-state index is 12.1. The predicted octanol–water partition coefficient (Wildman–Crippen LogP) is 5.76. The van der Waals surface area contributed by atoms with E-state index in [4.69, 9.17) is 14.5 Å². The van der Waals surface area contributed by atoms with Crippen molar-refractivity contribution in [3.05, 3.63) is 40.3 Å². The first-order valence-electron chi connectivity index (χ1n) is 13.6. The number of rotatable bonds is 13. The van der Waals surface area contributed by atoms with Crippen LogP contribution in [0.2, 0.25) is 19.1 Å². The van der Waals surface area contributed by atoms with Crippen molar-refractivity contribution in [1.82, 2.24) is 34.4 Å². The van der Waals surface area contributed by atoms with E-state index in [0.717, 1.165) is 45.8 Å². The molecule has 1 aromatic carbocycles. The van der Waals surface area contributed by atoms with E-state index in [0.29, 0.717) is 43.2 Å². The highest BCUT2D eigenvalue weighted by Crippen LogP contribution is 2.25. The zero-order chi connectivity index (χ0) is 29.6. The zero-order valence-electron chi connectivity index (χ0n) is 24.5. The standard InChI is InChI=1S/C27H38BrN8O3SSi/c1-27(2,3)39-26(37)29-12-8-10-18-9-7-11-20-22(18)35(17-38-13-14-41(5)6)21(32-20)16-30-24-34-25(40-4)33-23-19(28)15-31-36(23)24/h7,9,11,15H,8,10,12-14,16-17H2,1-6H3,(H,29,37)(H,30,33,34). The number of anilines is 1. The molecule has 0 atom stereocenters. The predicted molar refractivity (Wildman–Crippen MR) is 168 cm³/mol. The quantitative estimate of drug-likeness (QED) is 0.105. The Morgan fingerprint density at radius 2 is 2.00 bits per heavy atom. The van der Waals surface area contributed by atoms with Crippen LogP contribution < -0.4 is 10.6 Å². The fourth-order valence-electron chi connectivity index (χ4n) is 4.19. The molecule has 0 spiro atoms. The molecule has 0 bridgehead atoms. The van der Waals surface area contributed by atoms with Gasteiger partial charge >= 0.3 is 6.09 Å². The molecule has 221 valence electrons. The second-order valence-corrected chi connectivity index (χ2v) is 15.4. The molecule has 14 heteroatoms. The summed E-state index contributed by atoms with van der Waals surface area (Å²) in [4.78, 5) is 26.2. The molecule has 1 radical (unpaired) electrons. The number of nitrogens with zero attached hydrogens (tertiary/aromatic N) is 6. The first-order chi connectivity index (χ1) is 19.6. The number of imidazole rings is 1. The van der Waals surface area contributed by atoms with Crippen molar-refractivity contribution in [2.75, 3.05) is 24.7 Å². The van der Waals surface area contributed by atoms with Crippen LogP contribution in [-0.4, -0.2) is 69.0 Å². The van der Waals surface area contributed by atoms with Gasteiger partial charge in [0.15, 0.2) is 10.8 Å². The molecule has 3 aromatic heterocycles. The van der Waals surface area contributed by atoms with Gasteiger partial charge in [-0.3, -0.25) is 0 Å². The van der Waals surface area contributed by atoms with E-state index in [-0.39, 0.29) is 8.80 Å². The molecule has 0 fully saturated rings. The molecule has 41 heavy (non-hydrogen) atoms. The lowest BCUT2D eigenvalue weighted by Crippen LogP contribution is -2.33. The number of hydrogen-bond donors (Lipinski definition) is 2. The van der Waals surface area contributed by atoms with Gasteiger partial charge in [-0.1, -0.05) is 37.0 Å². The van der Waals surface area contributed by atoms with Gasteiger partial charge < -0.3 is 24.7 Å². The highest BCUT2D eigenvalue weighted by molar-refractivity contribution is 9.10. The minimum absolute atomic E-state index is 0.376. The highest BCUT2D eigenvalue weighted by atomic mass is 79.9. The SMILES string of the molecule is CSc1nc(NCc2nc3cccc(CCCNC(=O)OC(C)(C)C)c3n2COCC[Si](C)C)n2ncc(Br)c2n1. The monoisotopic (exact) mass is 661 g/mol. The molecule has 0 aliphatic heterocycles. The van der Waals surface area contributed by atoms with Gasteiger partial charge in [-0.2, -0.15) is 14.6 Å². The number of aromatic nitrogens is 6. The minimum atomic E-state index is -0.521. The summed E-state index contributed by atoms with van der Waals surface area (Å²) in [6, 6.07) is 7.25. The Hall–Kier alpha value is -2.68. The molecule has 2 N–H and O–H groups in total. The van der Waals surface area contributed by atoms with Crippen molar-refractivity contribution in [3.8, 4) is 0 Å². The van der Waals surface area contributed by atoms with Crippen LogP contribution in [0, 0.1) is 0 Å². The number of ether oxygens (including phenoxy) is 2. The molecular formula is C27H38BrN8O3SSi. The lowest BCUT2D eigenvalue weighted by atomic mass is 10.1. The Bertz CT molecular complexity index is 1490. The number of amides is 1. The molecule has 0 unspecified atom stereocenters. The lowest BCUT2D eigenvalue weighted by molar-refractivity contribution is 0.0527. The number of halogens is 1. The zero-order valence-corrected chi connectivity index (χ0v) is 27.9. The first kappa shape index (κ1) is 31.3. The van der Waals surface area contributed by atoms with E-state index in [2.05, 4.69) is 65.4 Å². The van der Waals surface area contributed by atoms with E-state index in [9.17, 15) is 4.79 Å². The van der Waals surface area contributed by atoms with Gasteiger partial charge in [-0.05, 0) is 73.5 Å². The summed E-state index contributed by atoms with van der Waals surface area (Å²) in [5.41, 5.74) is 3.27. The summed E-state index contributed by atoms with van der Waals surface area (Å²) in [5.74, 6) is 1.42. The molecule has 3 heterocycles. The number of benzene rings is 1. The summed E-state index contributed by atoms with van der Waals surface area (Å²) in [5, 5.41) is 11.3. The van der Waals surface area contributed by atoms with Crippen LogP contribution in [0.3, 0.4) is 0 Å². The van der Waals surface area contributed by atoms with Gasteiger partial charge in [0.1, 0.15) is 18.2 Å². The topological polar surface area (TPSA) is 120 Å². The number of nitrogens with one attached hydrogen (secondary N) is 2. The van der Waals surface area contributed by atoms with Crippen molar-refractivity contribution >= 4 is 65.2 Å². The maximum Gasteiger partial charge on any atom is 0.407 e. The van der Waals surface area contributed by atoms with Gasteiger partial charge in [0.05, 0.1) is 28.2 Å². The van der Waals surface area contributed by atoms with Gasteiger partial charge in [-0.25, -0.2) is 14.8 Å². The van der Waals surface area contributed by atoms with Crippen LogP contribution in [0.4, 0.5) is 10.7 Å². The summed E-state index contributed by atoms with van der Waals surface area (Å²) in [6.07, 6.45) is 4.79. The minimum Gasteiger partial charge on any atom is -0.444 e. The largest absolute Gasteiger partial charge is 0.444 e. The molecule has 4 rings (SSSR count). The third-order valence-corrected chi connectivity index (χ3v) is 8.39. The maximum absolute atomic E-state index is 12.1. The number of fused-ring (bicyclic) bond motifs is 2. The number of para-hydroxylation sites is 1. The summed E-state index contributed by atoms with van der Waals surface area (Å²) < 4.78 is 16.1. The van der Waals surface area contributed by atoms with Crippen LogP contribution in [0.15, 0.2) is 34.0 Å². The van der Waals surface area contributed by atoms with Crippen molar-refractivity contribution in [2.24, 2.45) is 0 Å². The third-order valence-electron chi connectivity index (χ3n) is 6.08. The number of thioether (sulfide) groups is 1. The second kappa shape index (κ2) is 14.0. The van der Waals surface area contributed by atoms with Gasteiger partial charge in [0, 0.05) is 21.9 Å². The lowest BCUT2D eigenvalue weighted by Gasteiger charge is -2.19. The highest BCUT2D eigenvalue weighted by Gasteiger charge is 2.18. The van der Waals surface area contributed by atoms with E-state index < -0.39 is 11.7 Å². The molecule has 1 amide bonds. The van der Waals surface area contributed by atoms with Crippen molar-refractivity contribution in [1.29, 1.82) is 0 Å². The second-order valence-electron chi connectivity index (χ2n) is 10.9. The van der Waals surface area contributed by atoms with Crippen molar-refractivity contribution in [2.45, 2.75) is 76.8 Å². The average molecular weight is 663 g/mol. The Morgan fingerprint density at radius 3 is 2.73 bits per heavy atom. The normalized spacial score (nSPS) is 12.0. The van der Waals surface area contributed by atoms with Gasteiger partial charge in [0.2, 0.25) is 5.95 Å². The molecule has 11 nitrogen and oxygen atoms in total. The number of alkyl carbamates (subject to hydrolysis) is 1. The summed E-state index contributed by atoms with van der Waals surface area (Å²) >= 11 is 5.00. The first-order valence-corrected chi connectivity index (χ1v) is 18.3. The molecular weight excluding hydrogens is 624 g/mol. The van der Waals surface area contributed by atoms with E-state index in [1.807, 2.05) is 39.2 Å². The fraction of sp³-hybridized carbons (Fsp3) is 0.519. The smallest absolute Gasteiger partial charge is 0.407 e. The van der Waals surface area contributed by atoms with E-state index in [1.54, 1.807) is 10.7 Å². The number of aryl methyl sites for hydroxylation is 1. The Kier molecular flexibility index (Phi) is 10.7. The van der Waals surface area contributed by atoms with Gasteiger partial charge in [-0.15, -0.1) is 0 Å². The molecule has 0 saturated carbocycles. The van der Waals surface area contributed by atoms with E-state index in [1.165, 1.54) is 11.8 Å². The Morgan fingerprint density at radius 1 is 1.20 bits per heavy atom. The average Bonchev–Trinajstić information content (AvgIpc) is 3.46. The van der Waals surface area contributed by atoms with Crippen LogP contribution in [0.5, 0.6) is 0 Å². The Labute approximate surface area is 254 Å². The number of carbonyl (C=O) groups is 1. The molecule has 0 aliphatic carbocycles. The summed E-state index contributed by atoms with van der Waals surface area (Å²) in [7, 11) is -0.376. The number of hydrogen-bond acceptors (Lipinski definition) is 9. The van der Waals surface area contributed by atoms with Crippen molar-refractivity contribution < 1.29 is 14.3 Å². The third kappa shape index (κ3) is 8.43. The van der Waals surface area contributed by atoms with Crippen molar-refractivity contribution in [3.63, 3.8) is 0 Å². The molecule has 4 aromatic rings. The summed E-state index contributed by atoms with van der Waals surface area (Å²) in [6.45, 7) is 12.2. The van der Waals surface area contributed by atoms with E-state index >= 15 is 0 Å². The molecule has 0 aliphatic rings. The molecule has 0 saturated heterocycles. The Balaban J connectivity index is 1.56. The number of carbonyl (C=O) groups excluding carboxylic acids is 1. The van der Waals surface area contributed by atoms with Crippen LogP contribution >= 0.6 is 27.7 Å². The van der Waals surface area contributed by atoms with Crippen LogP contribution in [-0.2, 0) is 29.2 Å². The van der Waals surface area contributed by atoms with Crippen LogP contribution in [0.25, 0.3) is 16.7 Å².